The Kier molecular flexibility index (Phi) is 6.64. The Morgan fingerprint density at radius 1 is 1.20 bits per heavy atom. The molecule has 0 unspecified atom stereocenters. The van der Waals surface area contributed by atoms with Crippen molar-refractivity contribution in [3.63, 3.8) is 0 Å². The van der Waals surface area contributed by atoms with Gasteiger partial charge >= 0.3 is 0 Å². The first-order valence-corrected chi connectivity index (χ1v) is 12.1. The Morgan fingerprint density at radius 2 is 2.07 bits per heavy atom. The van der Waals surface area contributed by atoms with E-state index in [0.29, 0.717) is 16.7 Å². The number of anilines is 1. The predicted octanol–water partition coefficient (Wildman–Crippen LogP) is 5.72. The van der Waals surface area contributed by atoms with Gasteiger partial charge in [0.05, 0.1) is 5.69 Å². The van der Waals surface area contributed by atoms with E-state index in [1.54, 1.807) is 34.9 Å². The van der Waals surface area contributed by atoms with Gasteiger partial charge in [0.2, 0.25) is 23.2 Å². The van der Waals surface area contributed by atoms with E-state index in [1.165, 1.54) is 19.3 Å². The van der Waals surface area contributed by atoms with Crippen molar-refractivity contribution >= 4 is 34.7 Å². The number of nitrogens with zero attached hydrogens (tertiary/aromatic N) is 4. The van der Waals surface area contributed by atoms with Crippen molar-refractivity contribution in [2.24, 2.45) is 0 Å². The second kappa shape index (κ2) is 9.57. The summed E-state index contributed by atoms with van der Waals surface area (Å²) in [5, 5.41) is 13.3. The van der Waals surface area contributed by atoms with E-state index < -0.39 is 6.23 Å². The minimum atomic E-state index is -0.602. The smallest absolute Gasteiger partial charge is 0.247 e. The summed E-state index contributed by atoms with van der Waals surface area (Å²) in [6, 6.07) is 9.64. The summed E-state index contributed by atoms with van der Waals surface area (Å²) in [4.78, 5) is 19.0. The minimum absolute atomic E-state index is 0.107. The SMILES string of the molecule is CCCCCCSc1nnc2c(n1)O[C@H](c1ccsc1)N(C(C)=O)c1ccccc1-2. The molecule has 0 radical (unpaired) electrons. The quantitative estimate of drug-likeness (QED) is 0.346. The maximum Gasteiger partial charge on any atom is 0.247 e. The van der Waals surface area contributed by atoms with E-state index in [4.69, 9.17) is 4.74 Å². The Morgan fingerprint density at radius 3 is 2.83 bits per heavy atom. The normalized spacial score (nSPS) is 15.1. The number of hydrogen-bond donors (Lipinski definition) is 0. The van der Waals surface area contributed by atoms with Crippen LogP contribution in [-0.2, 0) is 4.79 Å². The number of thiophene rings is 1. The third-order valence-electron chi connectivity index (χ3n) is 4.91. The van der Waals surface area contributed by atoms with E-state index >= 15 is 0 Å². The third-order valence-corrected chi connectivity index (χ3v) is 6.53. The molecule has 1 aliphatic rings. The fourth-order valence-electron chi connectivity index (χ4n) is 3.44. The number of amides is 1. The van der Waals surface area contributed by atoms with Crippen LogP contribution in [0.15, 0.2) is 46.2 Å². The zero-order valence-electron chi connectivity index (χ0n) is 17.1. The van der Waals surface area contributed by atoms with Crippen LogP contribution in [0.4, 0.5) is 5.69 Å². The van der Waals surface area contributed by atoms with Crippen LogP contribution in [0.2, 0.25) is 0 Å². The molecule has 1 amide bonds. The van der Waals surface area contributed by atoms with Crippen LogP contribution < -0.4 is 9.64 Å². The topological polar surface area (TPSA) is 68.2 Å². The number of fused-ring (bicyclic) bond motifs is 3. The predicted molar refractivity (Wildman–Crippen MR) is 121 cm³/mol. The fraction of sp³-hybridized carbons (Fsp3) is 0.364. The number of benzene rings is 1. The summed E-state index contributed by atoms with van der Waals surface area (Å²) < 4.78 is 6.33. The van der Waals surface area contributed by atoms with Gasteiger partial charge in [-0.05, 0) is 29.3 Å². The summed E-state index contributed by atoms with van der Waals surface area (Å²) in [7, 11) is 0. The standard InChI is InChI=1S/C22H24N4O2S2/c1-3-4-5-8-12-30-22-23-20-19(24-25-22)17-9-6-7-10-18(17)26(15(2)27)21(28-20)16-11-13-29-14-16/h6-7,9-11,13-14,21H,3-5,8,12H2,1-2H3/t21-/m1/s1. The van der Waals surface area contributed by atoms with Gasteiger partial charge in [0, 0.05) is 23.8 Å². The third kappa shape index (κ3) is 4.34. The average molecular weight is 441 g/mol. The largest absolute Gasteiger partial charge is 0.447 e. The number of thioether (sulfide) groups is 1. The minimum Gasteiger partial charge on any atom is -0.447 e. The Balaban J connectivity index is 1.71. The Hall–Kier alpha value is -2.45. The van der Waals surface area contributed by atoms with Gasteiger partial charge in [-0.2, -0.15) is 16.3 Å². The molecule has 0 saturated carbocycles. The molecule has 6 nitrogen and oxygen atoms in total. The fourth-order valence-corrected chi connectivity index (χ4v) is 4.88. The van der Waals surface area contributed by atoms with E-state index in [0.717, 1.165) is 29.0 Å². The highest BCUT2D eigenvalue weighted by molar-refractivity contribution is 7.99. The molecule has 0 N–H and O–H groups in total. The first-order chi connectivity index (χ1) is 14.7. The van der Waals surface area contributed by atoms with Crippen LogP contribution in [-0.4, -0.2) is 26.8 Å². The second-order valence-corrected chi connectivity index (χ2v) is 8.93. The van der Waals surface area contributed by atoms with Crippen LogP contribution in [0.5, 0.6) is 5.88 Å². The molecular weight excluding hydrogens is 416 g/mol. The van der Waals surface area contributed by atoms with Crippen molar-refractivity contribution in [3.05, 3.63) is 46.7 Å². The van der Waals surface area contributed by atoms with E-state index in [2.05, 4.69) is 22.1 Å². The van der Waals surface area contributed by atoms with Crippen LogP contribution in [0.1, 0.15) is 51.3 Å². The summed E-state index contributed by atoms with van der Waals surface area (Å²) in [5.74, 6) is 1.25. The summed E-state index contributed by atoms with van der Waals surface area (Å²) in [6.07, 6.45) is 4.19. The number of para-hydroxylation sites is 1. The highest BCUT2D eigenvalue weighted by Crippen LogP contribution is 2.43. The number of hydrogen-bond acceptors (Lipinski definition) is 7. The molecule has 1 aliphatic heterocycles. The van der Waals surface area contributed by atoms with Crippen LogP contribution >= 0.6 is 23.1 Å². The van der Waals surface area contributed by atoms with Crippen molar-refractivity contribution in [2.75, 3.05) is 10.7 Å². The molecule has 3 aromatic rings. The molecule has 1 atom stereocenters. The zero-order valence-corrected chi connectivity index (χ0v) is 18.7. The summed E-state index contributed by atoms with van der Waals surface area (Å²) in [6.45, 7) is 3.75. The lowest BCUT2D eigenvalue weighted by Gasteiger charge is -2.29. The molecule has 4 rings (SSSR count). The molecule has 8 heteroatoms. The summed E-state index contributed by atoms with van der Waals surface area (Å²) in [5.41, 5.74) is 3.01. The van der Waals surface area contributed by atoms with Gasteiger partial charge in [-0.15, -0.1) is 10.2 Å². The van der Waals surface area contributed by atoms with Crippen molar-refractivity contribution in [1.29, 1.82) is 0 Å². The number of ether oxygens (including phenoxy) is 1. The molecule has 30 heavy (non-hydrogen) atoms. The molecule has 1 aromatic carbocycles. The van der Waals surface area contributed by atoms with Crippen molar-refractivity contribution in [1.82, 2.24) is 15.2 Å². The van der Waals surface area contributed by atoms with Gasteiger partial charge in [-0.1, -0.05) is 56.1 Å². The number of unbranched alkanes of at least 4 members (excludes halogenated alkanes) is 3. The van der Waals surface area contributed by atoms with Crippen molar-refractivity contribution in [2.45, 2.75) is 50.9 Å². The van der Waals surface area contributed by atoms with Crippen LogP contribution in [0.3, 0.4) is 0 Å². The highest BCUT2D eigenvalue weighted by atomic mass is 32.2. The van der Waals surface area contributed by atoms with Gasteiger partial charge in [0.1, 0.15) is 0 Å². The molecule has 156 valence electrons. The lowest BCUT2D eigenvalue weighted by Crippen LogP contribution is -2.35. The van der Waals surface area contributed by atoms with Crippen LogP contribution in [0.25, 0.3) is 11.3 Å². The molecule has 0 fully saturated rings. The van der Waals surface area contributed by atoms with Gasteiger partial charge in [0.25, 0.3) is 0 Å². The van der Waals surface area contributed by atoms with Crippen molar-refractivity contribution in [3.8, 4) is 17.1 Å². The number of carbonyl (C=O) groups is 1. The van der Waals surface area contributed by atoms with Gasteiger partial charge in [-0.3, -0.25) is 9.69 Å². The van der Waals surface area contributed by atoms with Crippen LogP contribution in [0, 0.1) is 0 Å². The first-order valence-electron chi connectivity index (χ1n) is 10.1. The maximum absolute atomic E-state index is 12.7. The zero-order chi connectivity index (χ0) is 20.9. The first kappa shape index (κ1) is 20.8. The molecule has 0 aliphatic carbocycles. The lowest BCUT2D eigenvalue weighted by molar-refractivity contribution is -0.118. The van der Waals surface area contributed by atoms with E-state index in [-0.39, 0.29) is 5.91 Å². The Labute approximate surface area is 184 Å². The lowest BCUT2D eigenvalue weighted by atomic mass is 10.1. The van der Waals surface area contributed by atoms with Crippen molar-refractivity contribution < 1.29 is 9.53 Å². The molecule has 0 bridgehead atoms. The molecule has 0 spiro atoms. The molecule has 2 aromatic heterocycles. The van der Waals surface area contributed by atoms with Gasteiger partial charge in [-0.25, -0.2) is 0 Å². The van der Waals surface area contributed by atoms with E-state index in [9.17, 15) is 4.79 Å². The monoisotopic (exact) mass is 440 g/mol. The number of carbonyl (C=O) groups excluding carboxylic acids is 1. The Bertz CT molecular complexity index is 1010. The number of rotatable bonds is 7. The van der Waals surface area contributed by atoms with Gasteiger partial charge in [0.15, 0.2) is 5.69 Å². The van der Waals surface area contributed by atoms with E-state index in [1.807, 2.05) is 41.1 Å². The maximum atomic E-state index is 12.7. The molecule has 3 heterocycles. The highest BCUT2D eigenvalue weighted by Gasteiger charge is 2.34. The molecule has 0 saturated heterocycles. The average Bonchev–Trinajstić information content (AvgIpc) is 3.24. The second-order valence-electron chi connectivity index (χ2n) is 7.09. The molecular formula is C22H24N4O2S2. The number of aromatic nitrogens is 3. The summed E-state index contributed by atoms with van der Waals surface area (Å²) >= 11 is 3.16. The van der Waals surface area contributed by atoms with Gasteiger partial charge < -0.3 is 4.74 Å².